The van der Waals surface area contributed by atoms with Gasteiger partial charge in [-0.1, -0.05) is 39.0 Å². The van der Waals surface area contributed by atoms with Gasteiger partial charge in [0.2, 0.25) is 5.79 Å². The molecule has 1 amide bonds. The van der Waals surface area contributed by atoms with Gasteiger partial charge in [0.1, 0.15) is 17.7 Å². The molecule has 0 aromatic carbocycles. The number of rotatable bonds is 2. The Hall–Kier alpha value is -2.44. The van der Waals surface area contributed by atoms with Crippen LogP contribution in [0.5, 0.6) is 0 Å². The summed E-state index contributed by atoms with van der Waals surface area (Å²) in [4.78, 5) is 55.8. The van der Waals surface area contributed by atoms with Crippen molar-refractivity contribution in [3.63, 3.8) is 0 Å². The molecule has 0 radical (unpaired) electrons. The lowest BCUT2D eigenvalue weighted by Crippen LogP contribution is -2.61. The second-order valence-electron chi connectivity index (χ2n) is 15.1. The smallest absolute Gasteiger partial charge is 0.329 e. The Bertz CT molecular complexity index is 1220. The highest BCUT2D eigenvalue weighted by atomic mass is 16.6. The van der Waals surface area contributed by atoms with Crippen LogP contribution in [0.2, 0.25) is 0 Å². The summed E-state index contributed by atoms with van der Waals surface area (Å²) in [6, 6.07) is -1.05. The number of amides is 1. The Morgan fingerprint density at radius 1 is 0.875 bits per heavy atom. The number of aliphatic hydroxyl groups excluding tert-OH is 3. The number of Topliss-reactive ketones (excluding diaryl/α,β-unsaturated/α-hetero) is 1. The zero-order valence-corrected chi connectivity index (χ0v) is 29.1. The van der Waals surface area contributed by atoms with Crippen LogP contribution in [0.25, 0.3) is 0 Å². The normalized spacial score (nSPS) is 41.6. The third-order valence-corrected chi connectivity index (χ3v) is 11.2. The molecule has 11 unspecified atom stereocenters. The second kappa shape index (κ2) is 16.5. The lowest BCUT2D eigenvalue weighted by atomic mass is 9.75. The zero-order valence-electron chi connectivity index (χ0n) is 29.1. The molecule has 1 aliphatic carbocycles. The highest BCUT2D eigenvalue weighted by Crippen LogP contribution is 2.39. The Morgan fingerprint density at radius 2 is 1.60 bits per heavy atom. The van der Waals surface area contributed by atoms with Gasteiger partial charge >= 0.3 is 5.97 Å². The molecule has 2 bridgehead atoms. The Balaban J connectivity index is 1.63. The van der Waals surface area contributed by atoms with E-state index in [-0.39, 0.29) is 31.1 Å². The van der Waals surface area contributed by atoms with E-state index in [1.54, 1.807) is 13.8 Å². The highest BCUT2D eigenvalue weighted by molar-refractivity contribution is 6.39. The average molecular weight is 676 g/mol. The number of carbonyl (C=O) groups excluding carboxylic acids is 4. The van der Waals surface area contributed by atoms with Gasteiger partial charge in [0.05, 0.1) is 18.3 Å². The van der Waals surface area contributed by atoms with Crippen molar-refractivity contribution in [3.05, 3.63) is 24.3 Å². The van der Waals surface area contributed by atoms with E-state index < -0.39 is 77.3 Å². The van der Waals surface area contributed by atoms with E-state index in [0.717, 1.165) is 12.8 Å². The van der Waals surface area contributed by atoms with Crippen LogP contribution in [0.4, 0.5) is 0 Å². The lowest BCUT2D eigenvalue weighted by molar-refractivity contribution is -0.268. The summed E-state index contributed by atoms with van der Waals surface area (Å²) < 4.78 is 12.2. The molecule has 4 N–H and O–H groups in total. The van der Waals surface area contributed by atoms with Crippen molar-refractivity contribution in [1.82, 2.24) is 4.90 Å². The molecule has 270 valence electrons. The molecule has 2 saturated heterocycles. The van der Waals surface area contributed by atoms with Gasteiger partial charge in [-0.15, -0.1) is 0 Å². The summed E-state index contributed by atoms with van der Waals surface area (Å²) in [5, 5.41) is 42.9. The van der Waals surface area contributed by atoms with Gasteiger partial charge < -0.3 is 34.8 Å². The standard InChI is InChI=1S/C37H57NO10/c1-23-12-7-5-6-8-15-28(39)25(3)30-19-16-24(2)37(46,47-30)33(43)34(44)38-21-10-9-14-27(38)35(45)48-36(4,20-11-13-23)22-26-17-18-29(40)32(42)31(26)41/h7-8,12,15,23-27,29-32,40-42,46H,5-6,9-11,13-14,16-22H2,1-4H3. The van der Waals surface area contributed by atoms with Crippen molar-refractivity contribution in [2.24, 2.45) is 23.7 Å². The molecule has 11 atom stereocenters. The van der Waals surface area contributed by atoms with Crippen molar-refractivity contribution < 1.29 is 49.1 Å². The van der Waals surface area contributed by atoms with Crippen molar-refractivity contribution in [2.75, 3.05) is 6.54 Å². The summed E-state index contributed by atoms with van der Waals surface area (Å²) >= 11 is 0. The third kappa shape index (κ3) is 9.01. The molecule has 0 spiro atoms. The molecule has 4 rings (SSSR count). The van der Waals surface area contributed by atoms with E-state index in [9.17, 15) is 39.6 Å². The van der Waals surface area contributed by atoms with Crippen LogP contribution in [0.3, 0.4) is 0 Å². The molecule has 3 heterocycles. The first kappa shape index (κ1) is 38.4. The lowest BCUT2D eigenvalue weighted by Gasteiger charge is -2.44. The number of hydrogen-bond acceptors (Lipinski definition) is 10. The predicted molar refractivity (Wildman–Crippen MR) is 177 cm³/mol. The number of ether oxygens (including phenoxy) is 2. The molecule has 48 heavy (non-hydrogen) atoms. The van der Waals surface area contributed by atoms with Gasteiger partial charge in [-0.05, 0) is 108 Å². The number of carbonyl (C=O) groups is 4. The first-order valence-electron chi connectivity index (χ1n) is 18.1. The average Bonchev–Trinajstić information content (AvgIpc) is 3.06. The molecule has 11 heteroatoms. The Labute approximate surface area is 284 Å². The molecule has 0 aromatic rings. The first-order chi connectivity index (χ1) is 22.7. The van der Waals surface area contributed by atoms with E-state index in [1.165, 1.54) is 11.0 Å². The molecule has 0 aromatic heterocycles. The van der Waals surface area contributed by atoms with Gasteiger partial charge in [-0.25, -0.2) is 4.79 Å². The van der Waals surface area contributed by atoms with Gasteiger partial charge in [-0.2, -0.15) is 0 Å². The first-order valence-corrected chi connectivity index (χ1v) is 18.1. The molecule has 11 nitrogen and oxygen atoms in total. The van der Waals surface area contributed by atoms with Crippen molar-refractivity contribution >= 4 is 23.4 Å². The van der Waals surface area contributed by atoms with E-state index in [1.807, 2.05) is 13.0 Å². The van der Waals surface area contributed by atoms with Gasteiger partial charge in [-0.3, -0.25) is 14.4 Å². The minimum absolute atomic E-state index is 0.129. The minimum atomic E-state index is -2.44. The van der Waals surface area contributed by atoms with Crippen LogP contribution in [0.1, 0.15) is 111 Å². The van der Waals surface area contributed by atoms with Crippen molar-refractivity contribution in [2.45, 2.75) is 153 Å². The fourth-order valence-corrected chi connectivity index (χ4v) is 7.81. The van der Waals surface area contributed by atoms with E-state index in [0.29, 0.717) is 57.8 Å². The maximum atomic E-state index is 14.0. The van der Waals surface area contributed by atoms with Crippen LogP contribution >= 0.6 is 0 Å². The summed E-state index contributed by atoms with van der Waals surface area (Å²) in [5.74, 6) is -6.98. The number of fused-ring (bicyclic) bond motifs is 3. The van der Waals surface area contributed by atoms with Gasteiger partial charge in [0.15, 0.2) is 5.78 Å². The minimum Gasteiger partial charge on any atom is -0.458 e. The largest absolute Gasteiger partial charge is 0.458 e. The number of piperidine rings is 1. The van der Waals surface area contributed by atoms with Crippen molar-refractivity contribution in [1.29, 1.82) is 0 Å². The number of allylic oxidation sites excluding steroid dienone is 4. The number of ketones is 2. The fraction of sp³-hybridized carbons (Fsp3) is 0.784. The zero-order chi connectivity index (χ0) is 35.2. The maximum absolute atomic E-state index is 14.0. The summed E-state index contributed by atoms with van der Waals surface area (Å²) in [7, 11) is 0. The van der Waals surface area contributed by atoms with Crippen LogP contribution in [-0.2, 0) is 28.7 Å². The number of aliphatic hydroxyl groups is 4. The predicted octanol–water partition coefficient (Wildman–Crippen LogP) is 3.54. The molecule has 4 aliphatic rings. The maximum Gasteiger partial charge on any atom is 0.329 e. The Kier molecular flexibility index (Phi) is 13.2. The number of hydrogen-bond donors (Lipinski definition) is 4. The number of nitrogens with zero attached hydrogens (tertiary/aromatic N) is 1. The van der Waals surface area contributed by atoms with Crippen LogP contribution in [0.15, 0.2) is 24.3 Å². The van der Waals surface area contributed by atoms with E-state index >= 15 is 0 Å². The van der Waals surface area contributed by atoms with Crippen LogP contribution < -0.4 is 0 Å². The summed E-state index contributed by atoms with van der Waals surface area (Å²) in [6.45, 7) is 7.38. The molecule has 3 fully saturated rings. The quantitative estimate of drug-likeness (QED) is 0.193. The van der Waals surface area contributed by atoms with Gasteiger partial charge in [0, 0.05) is 18.4 Å². The molecular formula is C37H57NO10. The monoisotopic (exact) mass is 675 g/mol. The summed E-state index contributed by atoms with van der Waals surface area (Å²) in [6.07, 6.45) is 9.99. The highest BCUT2D eigenvalue weighted by Gasteiger charge is 2.54. The fourth-order valence-electron chi connectivity index (χ4n) is 7.81. The number of cyclic esters (lactones) is 1. The van der Waals surface area contributed by atoms with Crippen molar-refractivity contribution in [3.8, 4) is 0 Å². The topological polar surface area (TPSA) is 171 Å². The third-order valence-electron chi connectivity index (χ3n) is 11.2. The van der Waals surface area contributed by atoms with Gasteiger partial charge in [0.25, 0.3) is 11.7 Å². The van der Waals surface area contributed by atoms with E-state index in [2.05, 4.69) is 19.1 Å². The van der Waals surface area contributed by atoms with Crippen LogP contribution in [0, 0.1) is 23.7 Å². The number of esters is 1. The second-order valence-corrected chi connectivity index (χ2v) is 15.1. The Morgan fingerprint density at radius 3 is 2.35 bits per heavy atom. The molecule has 1 saturated carbocycles. The summed E-state index contributed by atoms with van der Waals surface area (Å²) in [5.41, 5.74) is -1.05. The van der Waals surface area contributed by atoms with E-state index in [4.69, 9.17) is 9.47 Å². The SMILES string of the molecule is CC1C=CCCC=CC(=O)C(C)C2CCC(C)C(O)(O2)C(=O)C(=O)N2CCCCC2C(=O)OC(C)(CC2CCC(O)C(O)C2O)CCC1. The van der Waals surface area contributed by atoms with Crippen LogP contribution in [-0.4, -0.2) is 97.2 Å². The molecular weight excluding hydrogens is 618 g/mol. The molecule has 3 aliphatic heterocycles.